The molecule has 0 fully saturated rings. The van der Waals surface area contributed by atoms with Crippen LogP contribution in [0.3, 0.4) is 0 Å². The number of aryl methyl sites for hydroxylation is 1. The molecule has 0 aliphatic heterocycles. The first-order chi connectivity index (χ1) is 8.16. The van der Waals surface area contributed by atoms with E-state index in [1.54, 1.807) is 24.5 Å². The number of carboxylic acids is 1. The minimum Gasteiger partial charge on any atom is -0.478 e. The highest BCUT2D eigenvalue weighted by Crippen LogP contribution is 2.21. The van der Waals surface area contributed by atoms with E-state index in [0.29, 0.717) is 0 Å². The average molecular weight is 227 g/mol. The summed E-state index contributed by atoms with van der Waals surface area (Å²) in [6.07, 6.45) is 1.62. The molecule has 17 heavy (non-hydrogen) atoms. The fourth-order valence-electron chi connectivity index (χ4n) is 1.99. The molecule has 3 aromatic rings. The number of rotatable bonds is 1. The van der Waals surface area contributed by atoms with Gasteiger partial charge in [-0.2, -0.15) is 0 Å². The van der Waals surface area contributed by atoms with Gasteiger partial charge in [0.05, 0.1) is 11.1 Å². The summed E-state index contributed by atoms with van der Waals surface area (Å²) in [4.78, 5) is 10.9. The second kappa shape index (κ2) is 3.28. The molecule has 0 aliphatic carbocycles. The van der Waals surface area contributed by atoms with Gasteiger partial charge in [0.1, 0.15) is 6.33 Å². The number of benzene rings is 1. The van der Waals surface area contributed by atoms with Crippen LogP contribution in [0, 0.1) is 6.92 Å². The summed E-state index contributed by atoms with van der Waals surface area (Å²) in [6, 6.07) is 6.93. The Kier molecular flexibility index (Phi) is 1.89. The third-order valence-corrected chi connectivity index (χ3v) is 2.85. The molecule has 1 aromatic carbocycles. The van der Waals surface area contributed by atoms with Gasteiger partial charge in [0.15, 0.2) is 5.65 Å². The Morgan fingerprint density at radius 2 is 2.18 bits per heavy atom. The SMILES string of the molecule is Cc1cc2nncn2c2ccc(C(=O)O)cc12. The Hall–Kier alpha value is -2.43. The molecule has 2 heterocycles. The number of aromatic carboxylic acids is 1. The van der Waals surface area contributed by atoms with Crippen molar-refractivity contribution in [2.75, 3.05) is 0 Å². The highest BCUT2D eigenvalue weighted by atomic mass is 16.4. The molecule has 0 spiro atoms. The van der Waals surface area contributed by atoms with E-state index in [4.69, 9.17) is 5.11 Å². The molecule has 0 amide bonds. The zero-order valence-corrected chi connectivity index (χ0v) is 9.08. The summed E-state index contributed by atoms with van der Waals surface area (Å²) in [6.45, 7) is 1.93. The van der Waals surface area contributed by atoms with Crippen LogP contribution in [-0.2, 0) is 0 Å². The molecule has 0 saturated heterocycles. The van der Waals surface area contributed by atoms with Gasteiger partial charge in [0, 0.05) is 5.39 Å². The van der Waals surface area contributed by atoms with Crippen molar-refractivity contribution in [3.05, 3.63) is 41.7 Å². The molecule has 0 radical (unpaired) electrons. The fraction of sp³-hybridized carbons (Fsp3) is 0.0833. The molecular formula is C12H9N3O2. The van der Waals surface area contributed by atoms with E-state index < -0.39 is 5.97 Å². The van der Waals surface area contributed by atoms with Crippen LogP contribution in [0.5, 0.6) is 0 Å². The van der Waals surface area contributed by atoms with E-state index in [2.05, 4.69) is 10.2 Å². The van der Waals surface area contributed by atoms with Crippen molar-refractivity contribution in [2.45, 2.75) is 6.92 Å². The number of aromatic nitrogens is 3. The summed E-state index contributed by atoms with van der Waals surface area (Å²) in [5.41, 5.74) is 2.95. The van der Waals surface area contributed by atoms with Gasteiger partial charge >= 0.3 is 5.97 Å². The van der Waals surface area contributed by atoms with Crippen LogP contribution in [0.25, 0.3) is 16.6 Å². The molecule has 3 rings (SSSR count). The Morgan fingerprint density at radius 3 is 2.94 bits per heavy atom. The maximum Gasteiger partial charge on any atom is 0.335 e. The quantitative estimate of drug-likeness (QED) is 0.689. The van der Waals surface area contributed by atoms with Crippen LogP contribution in [-0.4, -0.2) is 25.7 Å². The van der Waals surface area contributed by atoms with Crippen molar-refractivity contribution < 1.29 is 9.90 Å². The monoisotopic (exact) mass is 227 g/mol. The Balaban J connectivity index is 2.47. The maximum absolute atomic E-state index is 10.9. The van der Waals surface area contributed by atoms with Gasteiger partial charge < -0.3 is 5.11 Å². The first kappa shape index (κ1) is 9.77. The first-order valence-corrected chi connectivity index (χ1v) is 5.13. The minimum absolute atomic E-state index is 0.285. The van der Waals surface area contributed by atoms with E-state index in [0.717, 1.165) is 22.1 Å². The van der Waals surface area contributed by atoms with Crippen molar-refractivity contribution >= 4 is 22.5 Å². The predicted octanol–water partition coefficient (Wildman–Crippen LogP) is 1.89. The summed E-state index contributed by atoms with van der Waals surface area (Å²) < 4.78 is 1.84. The zero-order chi connectivity index (χ0) is 12.0. The minimum atomic E-state index is -0.921. The van der Waals surface area contributed by atoms with Gasteiger partial charge in [-0.15, -0.1) is 10.2 Å². The lowest BCUT2D eigenvalue weighted by Gasteiger charge is -2.05. The smallest absolute Gasteiger partial charge is 0.335 e. The lowest BCUT2D eigenvalue weighted by atomic mass is 10.1. The van der Waals surface area contributed by atoms with Gasteiger partial charge in [-0.25, -0.2) is 4.79 Å². The van der Waals surface area contributed by atoms with Crippen molar-refractivity contribution in [3.63, 3.8) is 0 Å². The summed E-state index contributed by atoms with van der Waals surface area (Å²) >= 11 is 0. The molecule has 0 saturated carbocycles. The fourth-order valence-corrected chi connectivity index (χ4v) is 1.99. The highest BCUT2D eigenvalue weighted by Gasteiger charge is 2.08. The topological polar surface area (TPSA) is 67.5 Å². The molecule has 5 nitrogen and oxygen atoms in total. The molecule has 0 atom stereocenters. The Bertz CT molecular complexity index is 746. The van der Waals surface area contributed by atoms with Crippen LogP contribution in [0.4, 0.5) is 0 Å². The molecule has 5 heteroatoms. The van der Waals surface area contributed by atoms with E-state index in [9.17, 15) is 4.79 Å². The average Bonchev–Trinajstić information content (AvgIpc) is 2.76. The molecular weight excluding hydrogens is 218 g/mol. The van der Waals surface area contributed by atoms with Gasteiger partial charge in [0.25, 0.3) is 0 Å². The number of pyridine rings is 1. The number of carboxylic acid groups (broad SMARTS) is 1. The normalized spacial score (nSPS) is 11.1. The lowest BCUT2D eigenvalue weighted by Crippen LogP contribution is -1.97. The largest absolute Gasteiger partial charge is 0.478 e. The molecule has 0 bridgehead atoms. The van der Waals surface area contributed by atoms with Crippen molar-refractivity contribution in [2.24, 2.45) is 0 Å². The van der Waals surface area contributed by atoms with E-state index >= 15 is 0 Å². The molecule has 2 aromatic heterocycles. The summed E-state index contributed by atoms with van der Waals surface area (Å²) in [7, 11) is 0. The Morgan fingerprint density at radius 1 is 1.35 bits per heavy atom. The third-order valence-electron chi connectivity index (χ3n) is 2.85. The maximum atomic E-state index is 10.9. The van der Waals surface area contributed by atoms with Gasteiger partial charge in [-0.1, -0.05) is 0 Å². The summed E-state index contributed by atoms with van der Waals surface area (Å²) in [5, 5.41) is 17.7. The lowest BCUT2D eigenvalue weighted by molar-refractivity contribution is 0.0697. The summed E-state index contributed by atoms with van der Waals surface area (Å²) in [5.74, 6) is -0.921. The van der Waals surface area contributed by atoms with Gasteiger partial charge in [-0.3, -0.25) is 4.40 Å². The second-order valence-electron chi connectivity index (χ2n) is 3.92. The third kappa shape index (κ3) is 1.36. The van der Waals surface area contributed by atoms with E-state index in [-0.39, 0.29) is 5.56 Å². The highest BCUT2D eigenvalue weighted by molar-refractivity contribution is 5.95. The standard InChI is InChI=1S/C12H9N3O2/c1-7-4-11-14-13-6-15(11)10-3-2-8(12(16)17)5-9(7)10/h2-6H,1H3,(H,16,17). The van der Waals surface area contributed by atoms with E-state index in [1.165, 1.54) is 0 Å². The zero-order valence-electron chi connectivity index (χ0n) is 9.08. The van der Waals surface area contributed by atoms with Crippen LogP contribution < -0.4 is 0 Å². The van der Waals surface area contributed by atoms with Crippen LogP contribution in [0.2, 0.25) is 0 Å². The van der Waals surface area contributed by atoms with Crippen molar-refractivity contribution in [3.8, 4) is 0 Å². The number of nitrogens with zero attached hydrogens (tertiary/aromatic N) is 3. The van der Waals surface area contributed by atoms with E-state index in [1.807, 2.05) is 17.4 Å². The van der Waals surface area contributed by atoms with Crippen LogP contribution in [0.15, 0.2) is 30.6 Å². The Labute approximate surface area is 96.3 Å². The molecule has 0 aliphatic rings. The number of hydrogen-bond donors (Lipinski definition) is 1. The van der Waals surface area contributed by atoms with Crippen molar-refractivity contribution in [1.82, 2.24) is 14.6 Å². The number of fused-ring (bicyclic) bond motifs is 3. The predicted molar refractivity (Wildman–Crippen MR) is 62.2 cm³/mol. The second-order valence-corrected chi connectivity index (χ2v) is 3.92. The van der Waals surface area contributed by atoms with Crippen LogP contribution >= 0.6 is 0 Å². The number of hydrogen-bond acceptors (Lipinski definition) is 3. The van der Waals surface area contributed by atoms with Gasteiger partial charge in [-0.05, 0) is 36.8 Å². The van der Waals surface area contributed by atoms with Crippen molar-refractivity contribution in [1.29, 1.82) is 0 Å². The molecule has 0 unspecified atom stereocenters. The first-order valence-electron chi connectivity index (χ1n) is 5.13. The molecule has 84 valence electrons. The van der Waals surface area contributed by atoms with Crippen LogP contribution in [0.1, 0.15) is 15.9 Å². The van der Waals surface area contributed by atoms with Gasteiger partial charge in [0.2, 0.25) is 0 Å². The number of carbonyl (C=O) groups is 1. The molecule has 1 N–H and O–H groups in total.